The molecular weight excluding hydrogens is 186 g/mol. The zero-order valence-electron chi connectivity index (χ0n) is 7.10. The number of hydrogen-bond acceptors (Lipinski definition) is 3. The van der Waals surface area contributed by atoms with Gasteiger partial charge in [0.25, 0.3) is 0 Å². The van der Waals surface area contributed by atoms with Crippen LogP contribution in [-0.2, 0) is 16.1 Å². The first-order valence-electron chi connectivity index (χ1n) is 4.00. The van der Waals surface area contributed by atoms with Gasteiger partial charge in [-0.05, 0) is 6.08 Å². The summed E-state index contributed by atoms with van der Waals surface area (Å²) in [5, 5.41) is 2.76. The molecule has 68 valence electrons. The summed E-state index contributed by atoms with van der Waals surface area (Å²) in [6.07, 6.45) is 5.75. The summed E-state index contributed by atoms with van der Waals surface area (Å²) in [6.45, 7) is 1.49. The molecule has 2 unspecified atom stereocenters. The van der Waals surface area contributed by atoms with E-state index in [0.29, 0.717) is 0 Å². The highest BCUT2D eigenvalue weighted by atomic mass is 32.1. The third-order valence-corrected chi connectivity index (χ3v) is 2.54. The normalized spacial score (nSPS) is 29.2. The Morgan fingerprint density at radius 3 is 3.23 bits per heavy atom. The lowest BCUT2D eigenvalue weighted by atomic mass is 10.0. The molecule has 1 amide bonds. The summed E-state index contributed by atoms with van der Waals surface area (Å²) in [6, 6.07) is 0.0933. The van der Waals surface area contributed by atoms with Crippen molar-refractivity contribution in [3.05, 3.63) is 23.9 Å². The molecule has 13 heavy (non-hydrogen) atoms. The summed E-state index contributed by atoms with van der Waals surface area (Å²) < 4.78 is 8.39. The van der Waals surface area contributed by atoms with E-state index in [9.17, 15) is 4.79 Å². The van der Waals surface area contributed by atoms with Crippen molar-refractivity contribution < 1.29 is 4.79 Å². The minimum Gasteiger partial charge on any atom is -0.328 e. The molecule has 0 saturated heterocycles. The number of carbonyl (C=O) groups is 1. The third-order valence-electron chi connectivity index (χ3n) is 1.88. The van der Waals surface area contributed by atoms with Crippen molar-refractivity contribution in [2.24, 2.45) is 8.73 Å². The number of nitrogens with one attached hydrogen (secondary N) is 1. The molecule has 0 spiro atoms. The van der Waals surface area contributed by atoms with Gasteiger partial charge in [-0.2, -0.15) is 0 Å². The van der Waals surface area contributed by atoms with Gasteiger partial charge in [-0.15, -0.1) is 0 Å². The van der Waals surface area contributed by atoms with E-state index in [1.165, 1.54) is 18.3 Å². The van der Waals surface area contributed by atoms with Crippen molar-refractivity contribution in [1.29, 1.82) is 0 Å². The fourth-order valence-electron chi connectivity index (χ4n) is 1.32. The van der Waals surface area contributed by atoms with Crippen molar-refractivity contribution in [2.75, 3.05) is 0 Å². The Balaban J connectivity index is 2.19. The van der Waals surface area contributed by atoms with Crippen LogP contribution in [0.15, 0.2) is 32.7 Å². The van der Waals surface area contributed by atoms with Gasteiger partial charge in [0.05, 0.1) is 11.4 Å². The van der Waals surface area contributed by atoms with E-state index in [1.54, 1.807) is 0 Å². The Morgan fingerprint density at radius 2 is 2.46 bits per heavy atom. The molecule has 5 heteroatoms. The number of hydrogen-bond donors (Lipinski definition) is 1. The maximum absolute atomic E-state index is 10.8. The average Bonchev–Trinajstić information content (AvgIpc) is 2.51. The maximum Gasteiger partial charge on any atom is 0.221 e. The quantitative estimate of drug-likeness (QED) is 0.660. The van der Waals surface area contributed by atoms with Gasteiger partial charge in [0.15, 0.2) is 0 Å². The highest BCUT2D eigenvalue weighted by Crippen LogP contribution is 2.20. The largest absolute Gasteiger partial charge is 0.328 e. The van der Waals surface area contributed by atoms with Gasteiger partial charge in [-0.3, -0.25) is 4.79 Å². The Morgan fingerprint density at radius 1 is 1.62 bits per heavy atom. The molecule has 2 atom stereocenters. The van der Waals surface area contributed by atoms with Gasteiger partial charge in [0, 0.05) is 12.6 Å². The summed E-state index contributed by atoms with van der Waals surface area (Å²) in [4.78, 5) is 10.8. The Kier molecular flexibility index (Phi) is 2.10. The third kappa shape index (κ3) is 1.60. The molecule has 2 aliphatic rings. The average molecular weight is 195 g/mol. The Labute approximate surface area is 79.6 Å². The maximum atomic E-state index is 10.8. The molecule has 2 rings (SSSR count). The monoisotopic (exact) mass is 195 g/mol. The highest BCUT2D eigenvalue weighted by molar-refractivity contribution is 7.57. The lowest BCUT2D eigenvalue weighted by molar-refractivity contribution is -0.118. The van der Waals surface area contributed by atoms with Crippen LogP contribution < -0.4 is 5.32 Å². The topological polar surface area (TPSA) is 53.8 Å². The summed E-state index contributed by atoms with van der Waals surface area (Å²) in [5.41, 5.74) is 0.841. The lowest BCUT2D eigenvalue weighted by Crippen LogP contribution is -2.33. The molecule has 0 radical (unpaired) electrons. The van der Waals surface area contributed by atoms with Gasteiger partial charge in [-0.1, -0.05) is 12.2 Å². The molecule has 0 saturated carbocycles. The molecule has 1 aliphatic heterocycles. The van der Waals surface area contributed by atoms with Crippen LogP contribution in [0.5, 0.6) is 0 Å². The Hall–Kier alpha value is -1.23. The lowest BCUT2D eigenvalue weighted by Gasteiger charge is -2.18. The zero-order chi connectivity index (χ0) is 9.26. The molecule has 1 N–H and O–H groups in total. The number of nitrogens with zero attached hydrogens (tertiary/aromatic N) is 2. The standard InChI is InChI=1S/C8H9N3OS/c1-5(12)9-6-3-2-4-7-8(6)11-13-10-7/h2-4,7-8H,1H3,(H,9,12). The fourth-order valence-corrected chi connectivity index (χ4v) is 2.01. The molecule has 0 fully saturated rings. The van der Waals surface area contributed by atoms with E-state index in [4.69, 9.17) is 0 Å². The van der Waals surface area contributed by atoms with Crippen LogP contribution >= 0.6 is 0 Å². The number of rotatable bonds is 1. The predicted molar refractivity (Wildman–Crippen MR) is 50.8 cm³/mol. The molecule has 1 heterocycles. The van der Waals surface area contributed by atoms with E-state index in [-0.39, 0.29) is 18.0 Å². The second kappa shape index (κ2) is 3.26. The van der Waals surface area contributed by atoms with E-state index in [0.717, 1.165) is 5.70 Å². The van der Waals surface area contributed by atoms with Crippen molar-refractivity contribution >= 4 is 17.3 Å². The number of allylic oxidation sites excluding steroid dienone is 2. The van der Waals surface area contributed by atoms with Crippen molar-refractivity contribution in [1.82, 2.24) is 5.32 Å². The highest BCUT2D eigenvalue weighted by Gasteiger charge is 2.27. The molecule has 4 nitrogen and oxygen atoms in total. The predicted octanol–water partition coefficient (Wildman–Crippen LogP) is 0.777. The number of fused-ring (bicyclic) bond motifs is 1. The summed E-state index contributed by atoms with van der Waals surface area (Å²) >= 11 is 1.22. The van der Waals surface area contributed by atoms with Crippen molar-refractivity contribution in [2.45, 2.75) is 19.0 Å². The first-order chi connectivity index (χ1) is 6.27. The zero-order valence-corrected chi connectivity index (χ0v) is 7.91. The van der Waals surface area contributed by atoms with Gasteiger partial charge in [0.1, 0.15) is 12.1 Å². The SMILES string of the molecule is CC(=O)NC1=CC=CC2N=S=NC12. The van der Waals surface area contributed by atoms with Gasteiger partial charge < -0.3 is 5.32 Å². The fraction of sp³-hybridized carbons (Fsp3) is 0.375. The van der Waals surface area contributed by atoms with Crippen molar-refractivity contribution in [3.63, 3.8) is 0 Å². The van der Waals surface area contributed by atoms with E-state index in [2.05, 4.69) is 14.0 Å². The van der Waals surface area contributed by atoms with Crippen LogP contribution in [0.1, 0.15) is 6.92 Å². The van der Waals surface area contributed by atoms with Crippen LogP contribution in [0.2, 0.25) is 0 Å². The van der Waals surface area contributed by atoms with Crippen LogP contribution in [0.4, 0.5) is 0 Å². The second-order valence-electron chi connectivity index (χ2n) is 2.92. The minimum absolute atomic E-state index is 0.00102. The summed E-state index contributed by atoms with van der Waals surface area (Å²) in [7, 11) is 0. The minimum atomic E-state index is -0.0626. The van der Waals surface area contributed by atoms with Crippen LogP contribution in [0.25, 0.3) is 0 Å². The number of amides is 1. The van der Waals surface area contributed by atoms with Crippen LogP contribution in [0.3, 0.4) is 0 Å². The van der Waals surface area contributed by atoms with Gasteiger partial charge in [-0.25, -0.2) is 8.73 Å². The molecule has 0 aromatic carbocycles. The molecule has 0 bridgehead atoms. The van der Waals surface area contributed by atoms with Crippen LogP contribution in [0, 0.1) is 0 Å². The smallest absolute Gasteiger partial charge is 0.221 e. The van der Waals surface area contributed by atoms with E-state index >= 15 is 0 Å². The van der Waals surface area contributed by atoms with Gasteiger partial charge >= 0.3 is 0 Å². The van der Waals surface area contributed by atoms with E-state index in [1.807, 2.05) is 18.2 Å². The molecule has 0 aromatic heterocycles. The molecule has 0 aromatic rings. The molecular formula is C8H9N3OS. The van der Waals surface area contributed by atoms with Crippen LogP contribution in [-0.4, -0.2) is 18.0 Å². The number of carbonyl (C=O) groups excluding carboxylic acids is 1. The molecule has 1 aliphatic carbocycles. The Bertz CT molecular complexity index is 366. The first-order valence-corrected chi connectivity index (χ1v) is 4.73. The van der Waals surface area contributed by atoms with Gasteiger partial charge in [0.2, 0.25) is 5.91 Å². The first kappa shape index (κ1) is 8.37. The van der Waals surface area contributed by atoms with Crippen molar-refractivity contribution in [3.8, 4) is 0 Å². The van der Waals surface area contributed by atoms with E-state index < -0.39 is 0 Å². The second-order valence-corrected chi connectivity index (χ2v) is 3.50. The summed E-state index contributed by atoms with van der Waals surface area (Å²) in [5.74, 6) is -0.0626.